The van der Waals surface area contributed by atoms with Crippen LogP contribution in [0.2, 0.25) is 5.02 Å². The van der Waals surface area contributed by atoms with Gasteiger partial charge in [0.15, 0.2) is 0 Å². The van der Waals surface area contributed by atoms with E-state index in [9.17, 15) is 9.59 Å². The summed E-state index contributed by atoms with van der Waals surface area (Å²) in [7, 11) is 0. The molecule has 0 spiro atoms. The van der Waals surface area contributed by atoms with Crippen LogP contribution in [-0.2, 0) is 9.59 Å². The number of carbonyl (C=O) groups excluding carboxylic acids is 2. The molecule has 3 aromatic rings. The van der Waals surface area contributed by atoms with Crippen molar-refractivity contribution >= 4 is 45.8 Å². The van der Waals surface area contributed by atoms with Gasteiger partial charge in [-0.2, -0.15) is 0 Å². The molecule has 6 heteroatoms. The lowest BCUT2D eigenvalue weighted by Gasteiger charge is -2.23. The molecule has 0 atom stereocenters. The second-order valence-electron chi connectivity index (χ2n) is 5.43. The van der Waals surface area contributed by atoms with E-state index in [-0.39, 0.29) is 5.91 Å². The number of fused-ring (bicyclic) bond motifs is 1. The van der Waals surface area contributed by atoms with Crippen molar-refractivity contribution in [3.8, 4) is 5.75 Å². The molecule has 25 heavy (non-hydrogen) atoms. The number of benzene rings is 2. The molecule has 126 valence electrons. The predicted octanol–water partition coefficient (Wildman–Crippen LogP) is 4.50. The van der Waals surface area contributed by atoms with E-state index in [0.717, 1.165) is 5.39 Å². The van der Waals surface area contributed by atoms with Crippen LogP contribution in [-0.4, -0.2) is 16.9 Å². The molecule has 0 unspecified atom stereocenters. The van der Waals surface area contributed by atoms with Gasteiger partial charge in [0.1, 0.15) is 5.75 Å². The molecule has 0 aliphatic heterocycles. The Morgan fingerprint density at radius 3 is 2.40 bits per heavy atom. The van der Waals surface area contributed by atoms with Gasteiger partial charge in [-0.1, -0.05) is 11.6 Å². The zero-order chi connectivity index (χ0) is 18.0. The summed E-state index contributed by atoms with van der Waals surface area (Å²) in [5.74, 6) is -0.123. The van der Waals surface area contributed by atoms with Gasteiger partial charge in [-0.25, -0.2) is 0 Å². The molecule has 5 nitrogen and oxygen atoms in total. The zero-order valence-electron chi connectivity index (χ0n) is 13.7. The number of amides is 1. The second kappa shape index (κ2) is 6.91. The lowest BCUT2D eigenvalue weighted by Crippen LogP contribution is -2.23. The van der Waals surface area contributed by atoms with Gasteiger partial charge in [0.05, 0.1) is 11.2 Å². The molecule has 0 saturated carbocycles. The largest absolute Gasteiger partial charge is 0.427 e. The van der Waals surface area contributed by atoms with Crippen LogP contribution in [0.1, 0.15) is 13.8 Å². The van der Waals surface area contributed by atoms with Gasteiger partial charge in [0.25, 0.3) is 0 Å². The van der Waals surface area contributed by atoms with E-state index < -0.39 is 5.97 Å². The maximum atomic E-state index is 12.3. The van der Waals surface area contributed by atoms with Crippen LogP contribution in [0.25, 0.3) is 10.9 Å². The molecule has 0 aliphatic carbocycles. The first kappa shape index (κ1) is 16.9. The second-order valence-corrected chi connectivity index (χ2v) is 5.87. The smallest absolute Gasteiger partial charge is 0.308 e. The van der Waals surface area contributed by atoms with Gasteiger partial charge in [-0.15, -0.1) is 0 Å². The van der Waals surface area contributed by atoms with Crippen LogP contribution in [0.15, 0.2) is 54.7 Å². The Labute approximate surface area is 149 Å². The van der Waals surface area contributed by atoms with Crippen LogP contribution in [0.4, 0.5) is 11.4 Å². The number of anilines is 2. The van der Waals surface area contributed by atoms with Crippen molar-refractivity contribution in [2.75, 3.05) is 4.90 Å². The third-order valence-corrected chi connectivity index (χ3v) is 3.83. The molecular weight excluding hydrogens is 340 g/mol. The van der Waals surface area contributed by atoms with Gasteiger partial charge in [0.2, 0.25) is 5.91 Å². The minimum Gasteiger partial charge on any atom is -0.427 e. The molecule has 0 saturated heterocycles. The van der Waals surface area contributed by atoms with E-state index in [1.807, 2.05) is 6.07 Å². The van der Waals surface area contributed by atoms with Crippen LogP contribution in [0.5, 0.6) is 5.75 Å². The standard InChI is InChI=1S/C19H15ClN2O3/c1-12(23)22(15-4-6-16(7-5-15)25-13(2)24)19-9-10-21-18-11-14(20)3-8-17(18)19/h3-11H,1-2H3. The summed E-state index contributed by atoms with van der Waals surface area (Å²) >= 11 is 6.03. The van der Waals surface area contributed by atoms with E-state index in [2.05, 4.69) is 4.98 Å². The van der Waals surface area contributed by atoms with Crippen molar-refractivity contribution in [1.29, 1.82) is 0 Å². The van der Waals surface area contributed by atoms with Gasteiger partial charge in [-0.05, 0) is 48.5 Å². The molecule has 0 N–H and O–H groups in total. The first-order valence-corrected chi connectivity index (χ1v) is 7.97. The molecule has 0 radical (unpaired) electrons. The minimum atomic E-state index is -0.395. The number of esters is 1. The van der Waals surface area contributed by atoms with Crippen molar-refractivity contribution in [2.45, 2.75) is 13.8 Å². The fourth-order valence-electron chi connectivity index (χ4n) is 2.62. The van der Waals surface area contributed by atoms with Gasteiger partial charge in [-0.3, -0.25) is 19.5 Å². The third-order valence-electron chi connectivity index (χ3n) is 3.59. The molecule has 2 aromatic carbocycles. The summed E-state index contributed by atoms with van der Waals surface area (Å²) in [6, 6.07) is 13.9. The maximum absolute atomic E-state index is 12.3. The van der Waals surface area contributed by atoms with Gasteiger partial charge >= 0.3 is 5.97 Å². The molecule has 1 aromatic heterocycles. The number of rotatable bonds is 3. The predicted molar refractivity (Wildman–Crippen MR) is 97.3 cm³/mol. The summed E-state index contributed by atoms with van der Waals surface area (Å²) in [6.07, 6.45) is 1.64. The number of halogens is 1. The number of nitrogens with zero attached hydrogens (tertiary/aromatic N) is 2. The SMILES string of the molecule is CC(=O)Oc1ccc(N(C(C)=O)c2ccnc3cc(Cl)ccc23)cc1. The van der Waals surface area contributed by atoms with Gasteiger partial charge in [0, 0.05) is 36.1 Å². The number of hydrogen-bond donors (Lipinski definition) is 0. The molecule has 1 heterocycles. The van der Waals surface area contributed by atoms with Crippen LogP contribution >= 0.6 is 11.6 Å². The fourth-order valence-corrected chi connectivity index (χ4v) is 2.79. The average Bonchev–Trinajstić information content (AvgIpc) is 2.55. The van der Waals surface area contributed by atoms with Crippen LogP contribution < -0.4 is 9.64 Å². The highest BCUT2D eigenvalue weighted by molar-refractivity contribution is 6.31. The Hall–Kier alpha value is -2.92. The van der Waals surface area contributed by atoms with E-state index >= 15 is 0 Å². The van der Waals surface area contributed by atoms with E-state index in [1.165, 1.54) is 13.8 Å². The molecule has 0 fully saturated rings. The summed E-state index contributed by atoms with van der Waals surface area (Å²) < 4.78 is 5.03. The van der Waals surface area contributed by atoms with Crippen LogP contribution in [0.3, 0.4) is 0 Å². The summed E-state index contributed by atoms with van der Waals surface area (Å²) in [6.45, 7) is 2.83. The minimum absolute atomic E-state index is 0.150. The first-order chi connectivity index (χ1) is 12.0. The summed E-state index contributed by atoms with van der Waals surface area (Å²) in [5.41, 5.74) is 2.06. The molecular formula is C19H15ClN2O3. The number of hydrogen-bond acceptors (Lipinski definition) is 4. The number of aromatic nitrogens is 1. The van der Waals surface area contributed by atoms with Crippen molar-refractivity contribution in [3.05, 3.63) is 59.8 Å². The van der Waals surface area contributed by atoms with E-state index in [0.29, 0.717) is 27.7 Å². The number of ether oxygens (including phenoxy) is 1. The fraction of sp³-hybridized carbons (Fsp3) is 0.105. The monoisotopic (exact) mass is 354 g/mol. The quantitative estimate of drug-likeness (QED) is 0.513. The topological polar surface area (TPSA) is 59.5 Å². The Morgan fingerprint density at radius 1 is 1.04 bits per heavy atom. The summed E-state index contributed by atoms with van der Waals surface area (Å²) in [4.78, 5) is 29.2. The molecule has 3 rings (SSSR count). The van der Waals surface area contributed by atoms with E-state index in [4.69, 9.17) is 16.3 Å². The lowest BCUT2D eigenvalue weighted by atomic mass is 10.1. The zero-order valence-corrected chi connectivity index (χ0v) is 14.4. The summed E-state index contributed by atoms with van der Waals surface area (Å²) in [5, 5.41) is 1.39. The number of carbonyl (C=O) groups is 2. The van der Waals surface area contributed by atoms with Gasteiger partial charge < -0.3 is 4.74 Å². The highest BCUT2D eigenvalue weighted by Crippen LogP contribution is 2.33. The molecule has 0 bridgehead atoms. The Kier molecular flexibility index (Phi) is 4.67. The highest BCUT2D eigenvalue weighted by atomic mass is 35.5. The Balaban J connectivity index is 2.08. The van der Waals surface area contributed by atoms with Crippen molar-refractivity contribution < 1.29 is 14.3 Å². The maximum Gasteiger partial charge on any atom is 0.308 e. The average molecular weight is 355 g/mol. The molecule has 0 aliphatic rings. The Morgan fingerprint density at radius 2 is 1.76 bits per heavy atom. The Bertz CT molecular complexity index is 955. The van der Waals surface area contributed by atoms with E-state index in [1.54, 1.807) is 53.6 Å². The van der Waals surface area contributed by atoms with Crippen LogP contribution in [0, 0.1) is 0 Å². The lowest BCUT2D eigenvalue weighted by molar-refractivity contribution is -0.131. The van der Waals surface area contributed by atoms with Crippen molar-refractivity contribution in [1.82, 2.24) is 4.98 Å². The first-order valence-electron chi connectivity index (χ1n) is 7.59. The normalized spacial score (nSPS) is 10.5. The highest BCUT2D eigenvalue weighted by Gasteiger charge is 2.17. The molecule has 1 amide bonds. The van der Waals surface area contributed by atoms with Crippen molar-refractivity contribution in [2.24, 2.45) is 0 Å². The number of pyridine rings is 1. The third kappa shape index (κ3) is 3.61. The van der Waals surface area contributed by atoms with Crippen molar-refractivity contribution in [3.63, 3.8) is 0 Å².